The van der Waals surface area contributed by atoms with E-state index in [1.807, 2.05) is 32.0 Å². The zero-order valence-electron chi connectivity index (χ0n) is 14.5. The van der Waals surface area contributed by atoms with Crippen LogP contribution in [0.4, 0.5) is 0 Å². The van der Waals surface area contributed by atoms with Gasteiger partial charge in [0.1, 0.15) is 0 Å². The topological polar surface area (TPSA) is 58.2 Å². The van der Waals surface area contributed by atoms with E-state index in [4.69, 9.17) is 0 Å². The number of carbonyl (C=O) groups is 2. The van der Waals surface area contributed by atoms with Crippen LogP contribution < -0.4 is 10.9 Å². The molecule has 4 aliphatic carbocycles. The van der Waals surface area contributed by atoms with Crippen LogP contribution >= 0.6 is 0 Å². The van der Waals surface area contributed by atoms with E-state index < -0.39 is 0 Å². The highest BCUT2D eigenvalue weighted by molar-refractivity contribution is 5.97. The molecule has 2 N–H and O–H groups in total. The smallest absolute Gasteiger partial charge is 0.269 e. The van der Waals surface area contributed by atoms with Crippen molar-refractivity contribution in [2.45, 2.75) is 52.4 Å². The number of carbonyl (C=O) groups excluding carboxylic acids is 2. The molecule has 4 aliphatic rings. The number of aryl methyl sites for hydroxylation is 2. The zero-order valence-corrected chi connectivity index (χ0v) is 14.5. The van der Waals surface area contributed by atoms with Crippen LogP contribution in [-0.4, -0.2) is 11.8 Å². The van der Waals surface area contributed by atoms with Gasteiger partial charge in [-0.15, -0.1) is 0 Å². The number of hydrazine groups is 1. The average molecular weight is 326 g/mol. The number of hydrogen-bond acceptors (Lipinski definition) is 2. The van der Waals surface area contributed by atoms with Gasteiger partial charge in [-0.1, -0.05) is 17.7 Å². The van der Waals surface area contributed by atoms with Crippen LogP contribution in [0.25, 0.3) is 0 Å². The van der Waals surface area contributed by atoms with Gasteiger partial charge < -0.3 is 0 Å². The van der Waals surface area contributed by atoms with Gasteiger partial charge in [-0.05, 0) is 81.8 Å². The number of amides is 2. The molecule has 1 aromatic rings. The predicted molar refractivity (Wildman–Crippen MR) is 92.1 cm³/mol. The van der Waals surface area contributed by atoms with Crippen LogP contribution in [0.2, 0.25) is 0 Å². The van der Waals surface area contributed by atoms with E-state index in [0.29, 0.717) is 5.56 Å². The van der Waals surface area contributed by atoms with Gasteiger partial charge in [-0.2, -0.15) is 0 Å². The summed E-state index contributed by atoms with van der Waals surface area (Å²) < 4.78 is 0. The molecule has 0 atom stereocenters. The summed E-state index contributed by atoms with van der Waals surface area (Å²) in [6.07, 6.45) is 6.93. The molecule has 0 heterocycles. The SMILES string of the molecule is Cc1ccc(C)c(C(=O)NNC(=O)C23CC4CC(CC(C4)C2)C3)c1. The molecule has 0 saturated heterocycles. The molecule has 0 radical (unpaired) electrons. The van der Waals surface area contributed by atoms with Crippen molar-refractivity contribution < 1.29 is 9.59 Å². The molecule has 4 bridgehead atoms. The van der Waals surface area contributed by atoms with Gasteiger partial charge in [0.2, 0.25) is 5.91 Å². The van der Waals surface area contributed by atoms with Crippen LogP contribution in [0.3, 0.4) is 0 Å². The minimum absolute atomic E-state index is 0.0280. The Morgan fingerprint density at radius 2 is 1.54 bits per heavy atom. The van der Waals surface area contributed by atoms with Crippen molar-refractivity contribution in [2.24, 2.45) is 23.2 Å². The highest BCUT2D eigenvalue weighted by Gasteiger charge is 2.54. The van der Waals surface area contributed by atoms with Crippen LogP contribution in [0, 0.1) is 37.0 Å². The number of nitrogens with one attached hydrogen (secondary N) is 2. The fraction of sp³-hybridized carbons (Fsp3) is 0.600. The third-order valence-electron chi connectivity index (χ3n) is 6.45. The Morgan fingerprint density at radius 3 is 2.12 bits per heavy atom. The van der Waals surface area contributed by atoms with Gasteiger partial charge in [-0.25, -0.2) is 0 Å². The second-order valence-corrected chi connectivity index (χ2v) is 8.42. The lowest BCUT2D eigenvalue weighted by atomic mass is 9.49. The number of rotatable bonds is 2. The molecule has 24 heavy (non-hydrogen) atoms. The van der Waals surface area contributed by atoms with Crippen molar-refractivity contribution in [3.8, 4) is 0 Å². The van der Waals surface area contributed by atoms with Crippen LogP contribution in [-0.2, 0) is 4.79 Å². The average Bonchev–Trinajstić information content (AvgIpc) is 2.53. The molecule has 1 aromatic carbocycles. The van der Waals surface area contributed by atoms with E-state index in [0.717, 1.165) is 48.1 Å². The van der Waals surface area contributed by atoms with Crippen LogP contribution in [0.1, 0.15) is 60.0 Å². The third kappa shape index (κ3) is 2.62. The van der Waals surface area contributed by atoms with Gasteiger partial charge in [0.15, 0.2) is 0 Å². The second kappa shape index (κ2) is 5.61. The number of hydrogen-bond donors (Lipinski definition) is 2. The molecule has 4 saturated carbocycles. The lowest BCUT2D eigenvalue weighted by Crippen LogP contribution is -2.56. The van der Waals surface area contributed by atoms with E-state index in [1.165, 1.54) is 19.3 Å². The highest BCUT2D eigenvalue weighted by atomic mass is 16.2. The summed E-state index contributed by atoms with van der Waals surface area (Å²) in [5, 5.41) is 0. The normalized spacial score (nSPS) is 33.3. The van der Waals surface area contributed by atoms with E-state index in [-0.39, 0.29) is 17.2 Å². The standard InChI is InChI=1S/C20H26N2O2/c1-12-3-4-13(2)17(5-12)18(23)21-22-19(24)20-9-14-6-15(10-20)8-16(7-14)11-20/h3-5,14-16H,6-11H2,1-2H3,(H,21,23)(H,22,24). The van der Waals surface area contributed by atoms with Crippen molar-refractivity contribution in [2.75, 3.05) is 0 Å². The lowest BCUT2D eigenvalue weighted by Gasteiger charge is -2.55. The summed E-state index contributed by atoms with van der Waals surface area (Å²) in [5.41, 5.74) is 7.75. The first-order valence-corrected chi connectivity index (χ1v) is 9.13. The molecule has 0 aromatic heterocycles. The van der Waals surface area contributed by atoms with Crippen molar-refractivity contribution in [3.05, 3.63) is 34.9 Å². The molecular weight excluding hydrogens is 300 g/mol. The van der Waals surface area contributed by atoms with E-state index in [9.17, 15) is 9.59 Å². The molecule has 0 unspecified atom stereocenters. The Hall–Kier alpha value is -1.84. The summed E-state index contributed by atoms with van der Waals surface area (Å²) in [5.74, 6) is 1.96. The first-order chi connectivity index (χ1) is 11.4. The van der Waals surface area contributed by atoms with Crippen LogP contribution in [0.15, 0.2) is 18.2 Å². The van der Waals surface area contributed by atoms with Crippen molar-refractivity contribution in [3.63, 3.8) is 0 Å². The first-order valence-electron chi connectivity index (χ1n) is 9.13. The molecule has 4 fully saturated rings. The monoisotopic (exact) mass is 326 g/mol. The third-order valence-corrected chi connectivity index (χ3v) is 6.45. The van der Waals surface area contributed by atoms with E-state index in [1.54, 1.807) is 0 Å². The molecule has 4 heteroatoms. The minimum atomic E-state index is -0.232. The molecule has 2 amide bonds. The summed E-state index contributed by atoms with van der Waals surface area (Å²) in [6, 6.07) is 5.78. The Labute approximate surface area is 143 Å². The Balaban J connectivity index is 1.43. The van der Waals surface area contributed by atoms with Gasteiger partial charge in [-0.3, -0.25) is 20.4 Å². The van der Waals surface area contributed by atoms with Gasteiger partial charge >= 0.3 is 0 Å². The zero-order chi connectivity index (χ0) is 16.9. The van der Waals surface area contributed by atoms with Crippen molar-refractivity contribution in [1.82, 2.24) is 10.9 Å². The fourth-order valence-corrected chi connectivity index (χ4v) is 5.68. The molecular formula is C20H26N2O2. The Morgan fingerprint density at radius 1 is 0.958 bits per heavy atom. The van der Waals surface area contributed by atoms with Gasteiger partial charge in [0.05, 0.1) is 5.41 Å². The molecule has 0 aliphatic heterocycles. The Bertz CT molecular complexity index is 660. The van der Waals surface area contributed by atoms with E-state index in [2.05, 4.69) is 10.9 Å². The lowest BCUT2D eigenvalue weighted by molar-refractivity contribution is -0.147. The maximum Gasteiger partial charge on any atom is 0.269 e. The molecule has 5 rings (SSSR count). The summed E-state index contributed by atoms with van der Waals surface area (Å²) >= 11 is 0. The quantitative estimate of drug-likeness (QED) is 0.820. The summed E-state index contributed by atoms with van der Waals surface area (Å²) in [6.45, 7) is 3.87. The van der Waals surface area contributed by atoms with Gasteiger partial charge in [0.25, 0.3) is 5.91 Å². The maximum absolute atomic E-state index is 12.9. The molecule has 0 spiro atoms. The minimum Gasteiger partial charge on any atom is -0.273 e. The second-order valence-electron chi connectivity index (χ2n) is 8.42. The van der Waals surface area contributed by atoms with Crippen molar-refractivity contribution >= 4 is 11.8 Å². The molecule has 4 nitrogen and oxygen atoms in total. The largest absolute Gasteiger partial charge is 0.273 e. The Kier molecular flexibility index (Phi) is 3.66. The van der Waals surface area contributed by atoms with Crippen LogP contribution in [0.5, 0.6) is 0 Å². The maximum atomic E-state index is 12.9. The fourth-order valence-electron chi connectivity index (χ4n) is 5.68. The van der Waals surface area contributed by atoms with Gasteiger partial charge in [0, 0.05) is 5.56 Å². The summed E-state index contributed by atoms with van der Waals surface area (Å²) in [4.78, 5) is 25.3. The highest BCUT2D eigenvalue weighted by Crippen LogP contribution is 2.60. The molecule has 128 valence electrons. The summed E-state index contributed by atoms with van der Waals surface area (Å²) in [7, 11) is 0. The number of benzene rings is 1. The first kappa shape index (κ1) is 15.7. The predicted octanol–water partition coefficient (Wildman–Crippen LogP) is 3.28. The van der Waals surface area contributed by atoms with E-state index >= 15 is 0 Å². The van der Waals surface area contributed by atoms with Crippen molar-refractivity contribution in [1.29, 1.82) is 0 Å².